The van der Waals surface area contributed by atoms with Gasteiger partial charge < -0.3 is 20.9 Å². The van der Waals surface area contributed by atoms with E-state index in [1.54, 1.807) is 0 Å². The third-order valence-corrected chi connectivity index (χ3v) is 2.26. The fourth-order valence-corrected chi connectivity index (χ4v) is 1.45. The Balaban J connectivity index is 2.50. The van der Waals surface area contributed by atoms with E-state index >= 15 is 0 Å². The van der Waals surface area contributed by atoms with Crippen molar-refractivity contribution in [1.29, 1.82) is 0 Å². The zero-order valence-corrected chi connectivity index (χ0v) is 8.64. The Labute approximate surface area is 91.9 Å². The Morgan fingerprint density at radius 1 is 1.50 bits per heavy atom. The zero-order valence-electron chi connectivity index (χ0n) is 8.64. The molecule has 0 unspecified atom stereocenters. The van der Waals surface area contributed by atoms with Crippen molar-refractivity contribution in [3.63, 3.8) is 0 Å². The molecule has 0 aliphatic carbocycles. The number of carboxylic acid groups (broad SMARTS) is 1. The number of carbonyl (C=O) groups excluding carboxylic acids is 2. The van der Waals surface area contributed by atoms with E-state index in [2.05, 4.69) is 5.32 Å². The van der Waals surface area contributed by atoms with Crippen molar-refractivity contribution < 1.29 is 24.2 Å². The molecule has 7 heteroatoms. The average Bonchev–Trinajstić information content (AvgIpc) is 2.68. The monoisotopic (exact) mass is 230 g/mol. The van der Waals surface area contributed by atoms with Gasteiger partial charge in [-0.05, 0) is 12.8 Å². The summed E-state index contributed by atoms with van der Waals surface area (Å²) in [5, 5.41) is 10.8. The molecule has 1 aliphatic heterocycles. The minimum absolute atomic E-state index is 0.484. The van der Waals surface area contributed by atoms with Crippen molar-refractivity contribution in [2.45, 2.75) is 31.4 Å². The van der Waals surface area contributed by atoms with Crippen LogP contribution in [0.5, 0.6) is 0 Å². The van der Waals surface area contributed by atoms with Gasteiger partial charge in [0.15, 0.2) is 0 Å². The quantitative estimate of drug-likeness (QED) is 0.537. The lowest BCUT2D eigenvalue weighted by molar-refractivity contribution is -0.141. The van der Waals surface area contributed by atoms with Gasteiger partial charge in [0.25, 0.3) is 0 Å². The Morgan fingerprint density at radius 2 is 2.19 bits per heavy atom. The number of carboxylic acids is 1. The summed E-state index contributed by atoms with van der Waals surface area (Å²) in [6.45, 7) is 0.498. The van der Waals surface area contributed by atoms with Gasteiger partial charge in [0.05, 0.1) is 6.42 Å². The summed E-state index contributed by atoms with van der Waals surface area (Å²) >= 11 is 0. The van der Waals surface area contributed by atoms with Crippen molar-refractivity contribution in [2.24, 2.45) is 5.73 Å². The number of amides is 2. The van der Waals surface area contributed by atoms with Crippen molar-refractivity contribution in [3.05, 3.63) is 0 Å². The first-order chi connectivity index (χ1) is 7.50. The van der Waals surface area contributed by atoms with Crippen LogP contribution in [-0.2, 0) is 19.1 Å². The molecular weight excluding hydrogens is 216 g/mol. The normalized spacial score (nSPS) is 21.4. The van der Waals surface area contributed by atoms with Gasteiger partial charge in [0, 0.05) is 6.61 Å². The summed E-state index contributed by atoms with van der Waals surface area (Å²) in [5.74, 6) is -2.55. The molecule has 0 radical (unpaired) electrons. The maximum Gasteiger partial charge on any atom is 0.305 e. The van der Waals surface area contributed by atoms with Crippen molar-refractivity contribution in [2.75, 3.05) is 6.61 Å². The lowest BCUT2D eigenvalue weighted by Crippen LogP contribution is -2.48. The molecule has 1 rings (SSSR count). The van der Waals surface area contributed by atoms with Crippen LogP contribution < -0.4 is 11.1 Å². The number of carbonyl (C=O) groups is 3. The minimum atomic E-state index is -1.20. The van der Waals surface area contributed by atoms with Crippen molar-refractivity contribution in [3.8, 4) is 0 Å². The second-order valence-electron chi connectivity index (χ2n) is 3.56. The predicted molar refractivity (Wildman–Crippen MR) is 52.4 cm³/mol. The molecule has 2 atom stereocenters. The number of aliphatic carboxylic acids is 1. The first-order valence-electron chi connectivity index (χ1n) is 4.94. The third kappa shape index (κ3) is 3.50. The number of ether oxygens (including phenoxy) is 1. The number of nitrogens with two attached hydrogens (primary N) is 1. The van der Waals surface area contributed by atoms with Gasteiger partial charge in [-0.25, -0.2) is 0 Å². The summed E-state index contributed by atoms with van der Waals surface area (Å²) in [7, 11) is 0. The summed E-state index contributed by atoms with van der Waals surface area (Å²) in [4.78, 5) is 32.8. The Hall–Kier alpha value is -1.63. The van der Waals surface area contributed by atoms with Gasteiger partial charge in [-0.15, -0.1) is 0 Å². The average molecular weight is 230 g/mol. The molecule has 0 aromatic heterocycles. The number of primary amides is 1. The van der Waals surface area contributed by atoms with E-state index in [0.29, 0.717) is 13.0 Å². The van der Waals surface area contributed by atoms with Crippen LogP contribution in [0.4, 0.5) is 0 Å². The molecule has 2 amide bonds. The fraction of sp³-hybridized carbons (Fsp3) is 0.667. The SMILES string of the molecule is NC(=O)[C@H](CC(=O)O)NC(=O)[C@H]1CCCO1. The van der Waals surface area contributed by atoms with Crippen molar-refractivity contribution >= 4 is 17.8 Å². The lowest BCUT2D eigenvalue weighted by Gasteiger charge is -2.16. The van der Waals surface area contributed by atoms with E-state index < -0.39 is 36.4 Å². The summed E-state index contributed by atoms with van der Waals surface area (Å²) in [5.41, 5.74) is 4.97. The number of hydrogen-bond acceptors (Lipinski definition) is 4. The van der Waals surface area contributed by atoms with Gasteiger partial charge in [0.1, 0.15) is 12.1 Å². The van der Waals surface area contributed by atoms with Crippen LogP contribution in [0.15, 0.2) is 0 Å². The second kappa shape index (κ2) is 5.45. The largest absolute Gasteiger partial charge is 0.481 e. The van der Waals surface area contributed by atoms with Gasteiger partial charge in [-0.1, -0.05) is 0 Å². The molecule has 0 bridgehead atoms. The topological polar surface area (TPSA) is 119 Å². The maximum absolute atomic E-state index is 11.5. The van der Waals surface area contributed by atoms with E-state index in [4.69, 9.17) is 15.6 Å². The van der Waals surface area contributed by atoms with Crippen LogP contribution in [0.3, 0.4) is 0 Å². The third-order valence-electron chi connectivity index (χ3n) is 2.26. The van der Waals surface area contributed by atoms with E-state index in [1.165, 1.54) is 0 Å². The molecule has 16 heavy (non-hydrogen) atoms. The van der Waals surface area contributed by atoms with Gasteiger partial charge in [-0.3, -0.25) is 14.4 Å². The van der Waals surface area contributed by atoms with E-state index in [0.717, 1.165) is 6.42 Å². The van der Waals surface area contributed by atoms with Crippen LogP contribution in [0.2, 0.25) is 0 Å². The molecule has 1 saturated heterocycles. The molecule has 0 saturated carbocycles. The molecule has 1 fully saturated rings. The van der Waals surface area contributed by atoms with Crippen LogP contribution in [-0.4, -0.2) is 41.6 Å². The van der Waals surface area contributed by atoms with E-state index in [1.807, 2.05) is 0 Å². The zero-order chi connectivity index (χ0) is 12.1. The van der Waals surface area contributed by atoms with Gasteiger partial charge in [0.2, 0.25) is 11.8 Å². The molecule has 1 aliphatic rings. The minimum Gasteiger partial charge on any atom is -0.481 e. The molecule has 4 N–H and O–H groups in total. The predicted octanol–water partition coefficient (Wildman–Crippen LogP) is -1.39. The number of nitrogens with one attached hydrogen (secondary N) is 1. The smallest absolute Gasteiger partial charge is 0.305 e. The summed E-state index contributed by atoms with van der Waals surface area (Å²) in [6, 6.07) is -1.19. The number of hydrogen-bond donors (Lipinski definition) is 3. The molecule has 90 valence electrons. The van der Waals surface area contributed by atoms with Crippen LogP contribution in [0.25, 0.3) is 0 Å². The van der Waals surface area contributed by atoms with Crippen molar-refractivity contribution in [1.82, 2.24) is 5.32 Å². The molecular formula is C9H14N2O5. The number of rotatable bonds is 5. The van der Waals surface area contributed by atoms with Crippen LogP contribution in [0.1, 0.15) is 19.3 Å². The standard InChI is InChI=1S/C9H14N2O5/c10-8(14)5(4-7(12)13)11-9(15)6-2-1-3-16-6/h5-6H,1-4H2,(H2,10,14)(H,11,15)(H,12,13)/t5-,6+/m0/s1. The maximum atomic E-state index is 11.5. The highest BCUT2D eigenvalue weighted by atomic mass is 16.5. The molecule has 0 aromatic carbocycles. The highest BCUT2D eigenvalue weighted by molar-refractivity contribution is 5.91. The van der Waals surface area contributed by atoms with E-state index in [9.17, 15) is 14.4 Å². The highest BCUT2D eigenvalue weighted by Gasteiger charge is 2.28. The fourth-order valence-electron chi connectivity index (χ4n) is 1.45. The first kappa shape index (κ1) is 12.4. The lowest BCUT2D eigenvalue weighted by atomic mass is 10.1. The molecule has 0 spiro atoms. The summed E-state index contributed by atoms with van der Waals surface area (Å²) in [6.07, 6.45) is 0.229. The van der Waals surface area contributed by atoms with Crippen LogP contribution in [0, 0.1) is 0 Å². The first-order valence-corrected chi connectivity index (χ1v) is 4.94. The molecule has 7 nitrogen and oxygen atoms in total. The van der Waals surface area contributed by atoms with E-state index in [-0.39, 0.29) is 0 Å². The Bertz CT molecular complexity index is 298. The second-order valence-corrected chi connectivity index (χ2v) is 3.56. The highest BCUT2D eigenvalue weighted by Crippen LogP contribution is 2.12. The van der Waals surface area contributed by atoms with Gasteiger partial charge >= 0.3 is 5.97 Å². The molecule has 1 heterocycles. The summed E-state index contributed by atoms with van der Waals surface area (Å²) < 4.78 is 5.09. The molecule has 0 aromatic rings. The van der Waals surface area contributed by atoms with Gasteiger partial charge in [-0.2, -0.15) is 0 Å². The Kier molecular flexibility index (Phi) is 4.24. The van der Waals surface area contributed by atoms with Crippen LogP contribution >= 0.6 is 0 Å². The Morgan fingerprint density at radius 3 is 2.62 bits per heavy atom.